The Bertz CT molecular complexity index is 591. The molecule has 0 atom stereocenters. The average molecular weight is 305 g/mol. The zero-order valence-corrected chi connectivity index (χ0v) is 11.8. The first-order valence-corrected chi connectivity index (χ1v) is 6.39. The fourth-order valence-electron chi connectivity index (χ4n) is 1.66. The van der Waals surface area contributed by atoms with E-state index in [2.05, 4.69) is 15.9 Å². The van der Waals surface area contributed by atoms with Gasteiger partial charge in [-0.05, 0) is 59.6 Å². The number of benzene rings is 2. The molecule has 2 rings (SSSR count). The van der Waals surface area contributed by atoms with E-state index in [4.69, 9.17) is 4.74 Å². The minimum absolute atomic E-state index is 0.558. The van der Waals surface area contributed by atoms with Crippen molar-refractivity contribution in [2.45, 2.75) is 13.8 Å². The first kappa shape index (κ1) is 12.8. The normalized spacial score (nSPS) is 10.2. The van der Waals surface area contributed by atoms with Gasteiger partial charge in [0.25, 0.3) is 0 Å². The minimum Gasteiger partial charge on any atom is -0.455 e. The lowest BCUT2D eigenvalue weighted by atomic mass is 10.1. The van der Waals surface area contributed by atoms with Gasteiger partial charge in [-0.15, -0.1) is 0 Å². The van der Waals surface area contributed by atoms with E-state index in [-0.39, 0.29) is 0 Å². The van der Waals surface area contributed by atoms with Crippen LogP contribution < -0.4 is 4.74 Å². The van der Waals surface area contributed by atoms with E-state index in [9.17, 15) is 4.79 Å². The third-order valence-electron chi connectivity index (χ3n) is 2.60. The summed E-state index contributed by atoms with van der Waals surface area (Å²) in [6.45, 7) is 3.95. The second kappa shape index (κ2) is 5.36. The number of aldehydes is 1. The lowest BCUT2D eigenvalue weighted by Gasteiger charge is -2.10. The highest BCUT2D eigenvalue weighted by Gasteiger charge is 2.07. The first-order chi connectivity index (χ1) is 8.60. The second-order valence-electron chi connectivity index (χ2n) is 4.20. The molecule has 0 bridgehead atoms. The third-order valence-corrected chi connectivity index (χ3v) is 3.22. The van der Waals surface area contributed by atoms with Crippen LogP contribution in [0.4, 0.5) is 0 Å². The lowest BCUT2D eigenvalue weighted by Crippen LogP contribution is -1.92. The maximum Gasteiger partial charge on any atom is 0.153 e. The van der Waals surface area contributed by atoms with Crippen LogP contribution in [-0.2, 0) is 0 Å². The molecule has 0 saturated carbocycles. The van der Waals surface area contributed by atoms with Crippen molar-refractivity contribution in [3.63, 3.8) is 0 Å². The number of hydrogen-bond donors (Lipinski definition) is 0. The number of halogens is 1. The van der Waals surface area contributed by atoms with Gasteiger partial charge in [0, 0.05) is 0 Å². The van der Waals surface area contributed by atoms with Crippen LogP contribution in [0.25, 0.3) is 0 Å². The molecule has 0 aliphatic rings. The number of carbonyl (C=O) groups is 1. The molecule has 0 amide bonds. The maximum absolute atomic E-state index is 11.0. The zero-order chi connectivity index (χ0) is 13.1. The Morgan fingerprint density at radius 1 is 1.00 bits per heavy atom. The highest BCUT2D eigenvalue weighted by molar-refractivity contribution is 9.10. The standard InChI is InChI=1S/C15H13BrO2/c1-10-3-5-14(12(7-10)9-17)18-15-6-4-11(2)8-13(15)16/h3-9H,1-2H3. The average Bonchev–Trinajstić information content (AvgIpc) is 2.34. The Hall–Kier alpha value is -1.61. The Morgan fingerprint density at radius 3 is 2.22 bits per heavy atom. The summed E-state index contributed by atoms with van der Waals surface area (Å²) in [6.07, 6.45) is 0.810. The Labute approximate surface area is 115 Å². The molecule has 2 nitrogen and oxygen atoms in total. The molecule has 0 spiro atoms. The zero-order valence-electron chi connectivity index (χ0n) is 10.2. The summed E-state index contributed by atoms with van der Waals surface area (Å²) in [5, 5.41) is 0. The summed E-state index contributed by atoms with van der Waals surface area (Å²) in [5.74, 6) is 1.27. The van der Waals surface area contributed by atoms with E-state index in [1.165, 1.54) is 0 Å². The predicted molar refractivity (Wildman–Crippen MR) is 75.5 cm³/mol. The van der Waals surface area contributed by atoms with Gasteiger partial charge in [0.05, 0.1) is 10.0 Å². The molecule has 0 aliphatic carbocycles. The van der Waals surface area contributed by atoms with Gasteiger partial charge in [0.1, 0.15) is 11.5 Å². The van der Waals surface area contributed by atoms with Crippen LogP contribution in [0.5, 0.6) is 11.5 Å². The summed E-state index contributed by atoms with van der Waals surface area (Å²) in [6, 6.07) is 11.4. The summed E-state index contributed by atoms with van der Waals surface area (Å²) in [7, 11) is 0. The third kappa shape index (κ3) is 2.79. The molecule has 0 fully saturated rings. The summed E-state index contributed by atoms with van der Waals surface area (Å²) >= 11 is 3.45. The van der Waals surface area contributed by atoms with Crippen molar-refractivity contribution >= 4 is 22.2 Å². The van der Waals surface area contributed by atoms with Gasteiger partial charge in [0.15, 0.2) is 6.29 Å². The van der Waals surface area contributed by atoms with E-state index in [1.807, 2.05) is 50.2 Å². The van der Waals surface area contributed by atoms with Crippen LogP contribution in [0.3, 0.4) is 0 Å². The Morgan fingerprint density at radius 2 is 1.61 bits per heavy atom. The minimum atomic E-state index is 0.558. The number of hydrogen-bond acceptors (Lipinski definition) is 2. The van der Waals surface area contributed by atoms with E-state index in [1.54, 1.807) is 0 Å². The monoisotopic (exact) mass is 304 g/mol. The van der Waals surface area contributed by atoms with Crippen LogP contribution >= 0.6 is 15.9 Å². The second-order valence-corrected chi connectivity index (χ2v) is 5.05. The van der Waals surface area contributed by atoms with Crippen molar-refractivity contribution in [2.75, 3.05) is 0 Å². The fraction of sp³-hybridized carbons (Fsp3) is 0.133. The molecule has 0 unspecified atom stereocenters. The van der Waals surface area contributed by atoms with Crippen LogP contribution in [0.1, 0.15) is 21.5 Å². The predicted octanol–water partition coefficient (Wildman–Crippen LogP) is 4.67. The van der Waals surface area contributed by atoms with Gasteiger partial charge in [-0.1, -0.05) is 17.7 Å². The summed E-state index contributed by atoms with van der Waals surface area (Å²) in [5.41, 5.74) is 2.74. The van der Waals surface area contributed by atoms with Gasteiger partial charge < -0.3 is 4.74 Å². The lowest BCUT2D eigenvalue weighted by molar-refractivity contribution is 0.112. The number of carbonyl (C=O) groups excluding carboxylic acids is 1. The van der Waals surface area contributed by atoms with E-state index < -0.39 is 0 Å². The van der Waals surface area contributed by atoms with Gasteiger partial charge in [-0.25, -0.2) is 0 Å². The number of rotatable bonds is 3. The van der Waals surface area contributed by atoms with Crippen molar-refractivity contribution < 1.29 is 9.53 Å². The molecule has 92 valence electrons. The molecule has 18 heavy (non-hydrogen) atoms. The van der Waals surface area contributed by atoms with Crippen molar-refractivity contribution in [1.29, 1.82) is 0 Å². The molecule has 0 heterocycles. The maximum atomic E-state index is 11.0. The quantitative estimate of drug-likeness (QED) is 0.770. The highest BCUT2D eigenvalue weighted by Crippen LogP contribution is 2.31. The van der Waals surface area contributed by atoms with Crippen LogP contribution in [0, 0.1) is 13.8 Å². The molecule has 0 radical (unpaired) electrons. The molecule has 0 saturated heterocycles. The van der Waals surface area contributed by atoms with Gasteiger partial charge in [-0.3, -0.25) is 4.79 Å². The van der Waals surface area contributed by atoms with Crippen LogP contribution in [0.15, 0.2) is 40.9 Å². The SMILES string of the molecule is Cc1ccc(Oc2ccc(C)cc2C=O)c(Br)c1. The van der Waals surface area contributed by atoms with Crippen molar-refractivity contribution in [1.82, 2.24) is 0 Å². The van der Waals surface area contributed by atoms with Crippen LogP contribution in [0.2, 0.25) is 0 Å². The first-order valence-electron chi connectivity index (χ1n) is 5.60. The van der Waals surface area contributed by atoms with Gasteiger partial charge in [-0.2, -0.15) is 0 Å². The molecule has 2 aromatic carbocycles. The van der Waals surface area contributed by atoms with E-state index in [0.717, 1.165) is 21.9 Å². The fourth-order valence-corrected chi connectivity index (χ4v) is 2.23. The van der Waals surface area contributed by atoms with Crippen LogP contribution in [-0.4, -0.2) is 6.29 Å². The molecule has 3 heteroatoms. The Balaban J connectivity index is 2.36. The summed E-state index contributed by atoms with van der Waals surface area (Å²) < 4.78 is 6.64. The Kier molecular flexibility index (Phi) is 3.82. The molecule has 2 aromatic rings. The van der Waals surface area contributed by atoms with Gasteiger partial charge >= 0.3 is 0 Å². The smallest absolute Gasteiger partial charge is 0.153 e. The van der Waals surface area contributed by atoms with Crippen molar-refractivity contribution in [3.8, 4) is 11.5 Å². The van der Waals surface area contributed by atoms with Crippen molar-refractivity contribution in [3.05, 3.63) is 57.6 Å². The molecular formula is C15H13BrO2. The largest absolute Gasteiger partial charge is 0.455 e. The molecule has 0 N–H and O–H groups in total. The summed E-state index contributed by atoms with van der Waals surface area (Å²) in [4.78, 5) is 11.0. The molecule has 0 aromatic heterocycles. The molecule has 0 aliphatic heterocycles. The highest BCUT2D eigenvalue weighted by atomic mass is 79.9. The molecular weight excluding hydrogens is 292 g/mol. The van der Waals surface area contributed by atoms with E-state index in [0.29, 0.717) is 17.1 Å². The van der Waals surface area contributed by atoms with Gasteiger partial charge in [0.2, 0.25) is 0 Å². The van der Waals surface area contributed by atoms with Crippen molar-refractivity contribution in [2.24, 2.45) is 0 Å². The number of aryl methyl sites for hydroxylation is 2. The number of ether oxygens (including phenoxy) is 1. The topological polar surface area (TPSA) is 26.3 Å². The van der Waals surface area contributed by atoms with E-state index >= 15 is 0 Å².